The molecule has 0 bridgehead atoms. The third-order valence-electron chi connectivity index (χ3n) is 3.29. The normalized spacial score (nSPS) is 10.3. The van der Waals surface area contributed by atoms with Crippen molar-refractivity contribution in [2.45, 2.75) is 12.8 Å². The Balaban J connectivity index is 1.91. The largest absolute Gasteiger partial charge is 0.355 e. The van der Waals surface area contributed by atoms with Gasteiger partial charge in [-0.05, 0) is 18.1 Å². The van der Waals surface area contributed by atoms with Gasteiger partial charge in [-0.1, -0.05) is 53.5 Å². The van der Waals surface area contributed by atoms with E-state index in [2.05, 4.69) is 5.32 Å². The van der Waals surface area contributed by atoms with Crippen molar-refractivity contribution in [3.05, 3.63) is 73.8 Å². The topological polar surface area (TPSA) is 72.2 Å². The standard InChI is InChI=1S/C16H14Cl2N2O3/c17-13-6-3-5-11(16(13)18)8-9-19-15(21)10-12-4-1-2-7-14(12)20(22)23/h1-7H,8-10H2,(H,19,21). The summed E-state index contributed by atoms with van der Waals surface area (Å²) < 4.78 is 0. The molecule has 0 saturated heterocycles. The fourth-order valence-corrected chi connectivity index (χ4v) is 2.57. The third kappa shape index (κ3) is 4.68. The van der Waals surface area contributed by atoms with Crippen molar-refractivity contribution in [1.29, 1.82) is 0 Å². The van der Waals surface area contributed by atoms with Gasteiger partial charge in [-0.15, -0.1) is 0 Å². The average Bonchev–Trinajstić information content (AvgIpc) is 2.52. The first kappa shape index (κ1) is 17.2. The zero-order valence-electron chi connectivity index (χ0n) is 12.1. The molecule has 120 valence electrons. The van der Waals surface area contributed by atoms with Gasteiger partial charge in [-0.3, -0.25) is 14.9 Å². The maximum absolute atomic E-state index is 11.9. The molecule has 2 aromatic carbocycles. The molecular weight excluding hydrogens is 339 g/mol. The lowest BCUT2D eigenvalue weighted by molar-refractivity contribution is -0.385. The molecular formula is C16H14Cl2N2O3. The van der Waals surface area contributed by atoms with Crippen molar-refractivity contribution in [3.8, 4) is 0 Å². The quantitative estimate of drug-likeness (QED) is 0.634. The number of amides is 1. The van der Waals surface area contributed by atoms with Gasteiger partial charge in [0.25, 0.3) is 5.69 Å². The minimum atomic E-state index is -0.492. The molecule has 0 aliphatic heterocycles. The third-order valence-corrected chi connectivity index (χ3v) is 4.15. The summed E-state index contributed by atoms with van der Waals surface area (Å²) >= 11 is 12.0. The molecule has 0 aliphatic carbocycles. The SMILES string of the molecule is O=C(Cc1ccccc1[N+](=O)[O-])NCCc1cccc(Cl)c1Cl. The Bertz CT molecular complexity index is 735. The summed E-state index contributed by atoms with van der Waals surface area (Å²) in [6, 6.07) is 11.5. The number of nitro benzene ring substituents is 1. The lowest BCUT2D eigenvalue weighted by Crippen LogP contribution is -2.27. The summed E-state index contributed by atoms with van der Waals surface area (Å²) in [5.74, 6) is -0.280. The molecule has 0 saturated carbocycles. The molecule has 5 nitrogen and oxygen atoms in total. The van der Waals surface area contributed by atoms with Crippen LogP contribution >= 0.6 is 23.2 Å². The molecule has 1 N–H and O–H groups in total. The molecule has 0 heterocycles. The highest BCUT2D eigenvalue weighted by atomic mass is 35.5. The van der Waals surface area contributed by atoms with Gasteiger partial charge in [0.15, 0.2) is 0 Å². The number of hydrogen-bond acceptors (Lipinski definition) is 3. The van der Waals surface area contributed by atoms with Crippen molar-refractivity contribution in [2.75, 3.05) is 6.54 Å². The number of nitrogens with zero attached hydrogens (tertiary/aromatic N) is 1. The van der Waals surface area contributed by atoms with Gasteiger partial charge in [0, 0.05) is 18.2 Å². The van der Waals surface area contributed by atoms with Crippen LogP contribution in [0.4, 0.5) is 5.69 Å². The number of rotatable bonds is 6. The van der Waals surface area contributed by atoms with Gasteiger partial charge in [-0.25, -0.2) is 0 Å². The van der Waals surface area contributed by atoms with E-state index in [1.807, 2.05) is 6.07 Å². The van der Waals surface area contributed by atoms with E-state index in [1.54, 1.807) is 30.3 Å². The van der Waals surface area contributed by atoms with E-state index >= 15 is 0 Å². The minimum absolute atomic E-state index is 0.0412. The predicted octanol–water partition coefficient (Wildman–Crippen LogP) is 3.80. The van der Waals surface area contributed by atoms with Crippen LogP contribution < -0.4 is 5.32 Å². The summed E-state index contributed by atoms with van der Waals surface area (Å²) in [6.07, 6.45) is 0.489. The molecule has 0 unspecified atom stereocenters. The fourth-order valence-electron chi connectivity index (χ4n) is 2.15. The number of carbonyl (C=O) groups is 1. The second kappa shape index (κ2) is 7.94. The zero-order valence-corrected chi connectivity index (χ0v) is 13.6. The Labute approximate surface area is 143 Å². The van der Waals surface area contributed by atoms with Crippen LogP contribution in [0.2, 0.25) is 10.0 Å². The van der Waals surface area contributed by atoms with Crippen LogP contribution in [0.25, 0.3) is 0 Å². The van der Waals surface area contributed by atoms with Crippen LogP contribution in [-0.4, -0.2) is 17.4 Å². The molecule has 7 heteroatoms. The van der Waals surface area contributed by atoms with Gasteiger partial charge in [0.05, 0.1) is 21.4 Å². The lowest BCUT2D eigenvalue weighted by atomic mass is 10.1. The molecule has 0 aliphatic rings. The molecule has 2 aromatic rings. The summed E-state index contributed by atoms with van der Waals surface area (Å²) in [4.78, 5) is 22.4. The number of nitrogens with one attached hydrogen (secondary N) is 1. The fraction of sp³-hybridized carbons (Fsp3) is 0.188. The molecule has 0 aromatic heterocycles. The molecule has 0 spiro atoms. The van der Waals surface area contributed by atoms with Crippen LogP contribution in [0.3, 0.4) is 0 Å². The molecule has 0 atom stereocenters. The number of hydrogen-bond donors (Lipinski definition) is 1. The molecule has 0 fully saturated rings. The Morgan fingerprint density at radius 2 is 1.78 bits per heavy atom. The lowest BCUT2D eigenvalue weighted by Gasteiger charge is -2.08. The Morgan fingerprint density at radius 1 is 1.09 bits per heavy atom. The van der Waals surface area contributed by atoms with E-state index < -0.39 is 4.92 Å². The van der Waals surface area contributed by atoms with Gasteiger partial charge >= 0.3 is 0 Å². The smallest absolute Gasteiger partial charge is 0.273 e. The van der Waals surface area contributed by atoms with Crippen molar-refractivity contribution in [3.63, 3.8) is 0 Å². The highest BCUT2D eigenvalue weighted by molar-refractivity contribution is 6.42. The zero-order chi connectivity index (χ0) is 16.8. The van der Waals surface area contributed by atoms with E-state index in [4.69, 9.17) is 23.2 Å². The average molecular weight is 353 g/mol. The highest BCUT2D eigenvalue weighted by Crippen LogP contribution is 2.25. The van der Waals surface area contributed by atoms with E-state index in [0.717, 1.165) is 5.56 Å². The number of benzene rings is 2. The number of nitro groups is 1. The summed E-state index contributed by atoms with van der Waals surface area (Å²) in [5, 5.41) is 14.6. The van der Waals surface area contributed by atoms with Crippen molar-refractivity contribution in [2.24, 2.45) is 0 Å². The predicted molar refractivity (Wildman–Crippen MR) is 90.0 cm³/mol. The highest BCUT2D eigenvalue weighted by Gasteiger charge is 2.15. The number of para-hydroxylation sites is 1. The van der Waals surface area contributed by atoms with Gasteiger partial charge in [0.2, 0.25) is 5.91 Å². The monoisotopic (exact) mass is 352 g/mol. The Kier molecular flexibility index (Phi) is 5.96. The molecule has 2 rings (SSSR count). The van der Waals surface area contributed by atoms with Crippen LogP contribution in [0, 0.1) is 10.1 Å². The second-order valence-corrected chi connectivity index (χ2v) is 5.66. The minimum Gasteiger partial charge on any atom is -0.355 e. The maximum Gasteiger partial charge on any atom is 0.273 e. The van der Waals surface area contributed by atoms with Gasteiger partial charge < -0.3 is 5.32 Å². The van der Waals surface area contributed by atoms with E-state index in [0.29, 0.717) is 28.6 Å². The van der Waals surface area contributed by atoms with Crippen LogP contribution in [0.15, 0.2) is 42.5 Å². The van der Waals surface area contributed by atoms with E-state index in [-0.39, 0.29) is 18.0 Å². The van der Waals surface area contributed by atoms with Crippen molar-refractivity contribution < 1.29 is 9.72 Å². The first-order chi connectivity index (χ1) is 11.0. The number of carbonyl (C=O) groups excluding carboxylic acids is 1. The number of halogens is 2. The first-order valence-electron chi connectivity index (χ1n) is 6.91. The van der Waals surface area contributed by atoms with Crippen molar-refractivity contribution >= 4 is 34.8 Å². The Hall–Kier alpha value is -2.11. The molecule has 23 heavy (non-hydrogen) atoms. The Morgan fingerprint density at radius 3 is 2.52 bits per heavy atom. The van der Waals surface area contributed by atoms with Crippen LogP contribution in [0.5, 0.6) is 0 Å². The maximum atomic E-state index is 11.9. The van der Waals surface area contributed by atoms with Crippen LogP contribution in [-0.2, 0) is 17.6 Å². The summed E-state index contributed by atoms with van der Waals surface area (Å²) in [7, 11) is 0. The van der Waals surface area contributed by atoms with Gasteiger partial charge in [-0.2, -0.15) is 0 Å². The second-order valence-electron chi connectivity index (χ2n) is 4.88. The van der Waals surface area contributed by atoms with Crippen molar-refractivity contribution in [1.82, 2.24) is 5.32 Å². The molecule has 1 amide bonds. The van der Waals surface area contributed by atoms with E-state index in [9.17, 15) is 14.9 Å². The van der Waals surface area contributed by atoms with Crippen LogP contribution in [0.1, 0.15) is 11.1 Å². The van der Waals surface area contributed by atoms with Gasteiger partial charge in [0.1, 0.15) is 0 Å². The van der Waals surface area contributed by atoms with E-state index in [1.165, 1.54) is 6.07 Å². The molecule has 0 radical (unpaired) electrons. The summed E-state index contributed by atoms with van der Waals surface area (Å²) in [6.45, 7) is 0.375. The first-order valence-corrected chi connectivity index (χ1v) is 7.66. The summed E-state index contributed by atoms with van der Waals surface area (Å²) in [5.41, 5.74) is 1.17.